The number of ether oxygens (including phenoxy) is 1. The van der Waals surface area contributed by atoms with Crippen molar-refractivity contribution >= 4 is 40.4 Å². The Hall–Kier alpha value is -2.13. The molecule has 0 fully saturated rings. The number of esters is 1. The van der Waals surface area contributed by atoms with Crippen LogP contribution in [0.4, 0.5) is 5.69 Å². The minimum atomic E-state index is -0.534. The molecule has 7 nitrogen and oxygen atoms in total. The molecule has 2 rings (SSSR count). The SMILES string of the molecule is COC(=O)c1ccc(NC(=O)/C=C2/SC(N)=NC2=O)cc1.[Br-]. The summed E-state index contributed by atoms with van der Waals surface area (Å²) in [7, 11) is 1.29. The zero-order valence-electron chi connectivity index (χ0n) is 11.3. The highest BCUT2D eigenvalue weighted by atomic mass is 79.9. The summed E-state index contributed by atoms with van der Waals surface area (Å²) in [5, 5.41) is 2.68. The number of aliphatic imine (C=N–C) groups is 1. The van der Waals surface area contributed by atoms with Gasteiger partial charge in [0.25, 0.3) is 5.91 Å². The van der Waals surface area contributed by atoms with Crippen molar-refractivity contribution in [3.63, 3.8) is 0 Å². The van der Waals surface area contributed by atoms with E-state index in [0.717, 1.165) is 17.8 Å². The fourth-order valence-corrected chi connectivity index (χ4v) is 2.18. The van der Waals surface area contributed by atoms with Gasteiger partial charge in [-0.05, 0) is 36.0 Å². The van der Waals surface area contributed by atoms with E-state index in [-0.39, 0.29) is 27.1 Å². The first-order valence-corrected chi connectivity index (χ1v) is 6.58. The van der Waals surface area contributed by atoms with E-state index in [1.54, 1.807) is 12.1 Å². The highest BCUT2D eigenvalue weighted by Crippen LogP contribution is 2.23. The van der Waals surface area contributed by atoms with Gasteiger partial charge in [0.2, 0.25) is 5.91 Å². The number of amides is 2. The summed E-state index contributed by atoms with van der Waals surface area (Å²) in [6.45, 7) is 0. The first-order valence-electron chi connectivity index (χ1n) is 5.77. The van der Waals surface area contributed by atoms with E-state index in [2.05, 4.69) is 15.0 Å². The molecule has 0 saturated carbocycles. The summed E-state index contributed by atoms with van der Waals surface area (Å²) >= 11 is 0.939. The molecule has 1 aliphatic heterocycles. The van der Waals surface area contributed by atoms with Gasteiger partial charge in [0.05, 0.1) is 17.6 Å². The average Bonchev–Trinajstić information content (AvgIpc) is 2.76. The number of hydrogen-bond acceptors (Lipinski definition) is 6. The second-order valence-electron chi connectivity index (χ2n) is 3.92. The van der Waals surface area contributed by atoms with Crippen LogP contribution < -0.4 is 28.0 Å². The van der Waals surface area contributed by atoms with Crippen molar-refractivity contribution < 1.29 is 36.1 Å². The Labute approximate surface area is 140 Å². The Bertz CT molecular complexity index is 670. The van der Waals surface area contributed by atoms with Gasteiger partial charge in [0.15, 0.2) is 5.17 Å². The van der Waals surface area contributed by atoms with E-state index < -0.39 is 17.8 Å². The summed E-state index contributed by atoms with van der Waals surface area (Å²) < 4.78 is 4.57. The van der Waals surface area contributed by atoms with Crippen LogP contribution in [0.1, 0.15) is 10.4 Å². The molecule has 0 bridgehead atoms. The zero-order valence-corrected chi connectivity index (χ0v) is 13.7. The number of nitrogens with two attached hydrogens (primary N) is 1. The fraction of sp³-hybridized carbons (Fsp3) is 0.0769. The number of methoxy groups -OCH3 is 1. The molecular formula is C13H11BrN3O4S-. The number of hydrogen-bond donors (Lipinski definition) is 2. The third-order valence-electron chi connectivity index (χ3n) is 2.47. The van der Waals surface area contributed by atoms with Crippen molar-refractivity contribution in [2.75, 3.05) is 12.4 Å². The third kappa shape index (κ3) is 4.43. The molecule has 0 saturated heterocycles. The number of amidine groups is 1. The molecule has 0 aromatic heterocycles. The monoisotopic (exact) mass is 384 g/mol. The minimum absolute atomic E-state index is 0. The van der Waals surface area contributed by atoms with Crippen molar-refractivity contribution in [2.24, 2.45) is 10.7 Å². The summed E-state index contributed by atoms with van der Waals surface area (Å²) in [6, 6.07) is 6.14. The highest BCUT2D eigenvalue weighted by Gasteiger charge is 2.20. The lowest BCUT2D eigenvalue weighted by Gasteiger charge is -2.04. The third-order valence-corrected chi connectivity index (χ3v) is 3.29. The van der Waals surface area contributed by atoms with Gasteiger partial charge in [-0.15, -0.1) is 0 Å². The minimum Gasteiger partial charge on any atom is -1.00 e. The molecule has 1 aromatic rings. The molecule has 1 aromatic carbocycles. The van der Waals surface area contributed by atoms with Crippen LogP contribution in [0.3, 0.4) is 0 Å². The normalized spacial score (nSPS) is 15.0. The number of carbonyl (C=O) groups is 3. The maximum absolute atomic E-state index is 11.8. The number of thioether (sulfide) groups is 1. The summed E-state index contributed by atoms with van der Waals surface area (Å²) in [6.07, 6.45) is 1.13. The number of rotatable bonds is 3. The van der Waals surface area contributed by atoms with Gasteiger partial charge < -0.3 is 32.8 Å². The van der Waals surface area contributed by atoms with E-state index in [1.165, 1.54) is 19.2 Å². The molecule has 116 valence electrons. The van der Waals surface area contributed by atoms with Crippen molar-refractivity contribution in [1.82, 2.24) is 0 Å². The largest absolute Gasteiger partial charge is 1.00 e. The lowest BCUT2D eigenvalue weighted by molar-refractivity contribution is -0.115. The molecule has 1 aliphatic rings. The average molecular weight is 385 g/mol. The van der Waals surface area contributed by atoms with E-state index in [9.17, 15) is 14.4 Å². The Morgan fingerprint density at radius 1 is 1.32 bits per heavy atom. The van der Waals surface area contributed by atoms with E-state index >= 15 is 0 Å². The Balaban J connectivity index is 0.00000242. The molecule has 0 aliphatic carbocycles. The molecule has 9 heteroatoms. The number of carbonyl (C=O) groups excluding carboxylic acids is 3. The number of halogens is 1. The lowest BCUT2D eigenvalue weighted by Crippen LogP contribution is -3.00. The zero-order chi connectivity index (χ0) is 15.4. The fourth-order valence-electron chi connectivity index (χ4n) is 1.53. The van der Waals surface area contributed by atoms with E-state index in [4.69, 9.17) is 5.73 Å². The number of nitrogens with zero attached hydrogens (tertiary/aromatic N) is 1. The molecule has 0 spiro atoms. The Morgan fingerprint density at radius 3 is 2.45 bits per heavy atom. The molecule has 2 amide bonds. The van der Waals surface area contributed by atoms with Gasteiger partial charge in [-0.25, -0.2) is 4.79 Å². The summed E-state index contributed by atoms with van der Waals surface area (Å²) in [5.41, 5.74) is 6.23. The first-order chi connectivity index (χ1) is 9.99. The van der Waals surface area contributed by atoms with Gasteiger partial charge in [-0.3, -0.25) is 9.59 Å². The van der Waals surface area contributed by atoms with Crippen LogP contribution in [-0.2, 0) is 14.3 Å². The van der Waals surface area contributed by atoms with Gasteiger partial charge in [-0.1, -0.05) is 0 Å². The van der Waals surface area contributed by atoms with Crippen LogP contribution in [0, 0.1) is 0 Å². The van der Waals surface area contributed by atoms with Gasteiger partial charge in [0, 0.05) is 11.8 Å². The number of nitrogens with one attached hydrogen (secondary N) is 1. The van der Waals surface area contributed by atoms with Gasteiger partial charge in [-0.2, -0.15) is 4.99 Å². The second-order valence-corrected chi connectivity index (χ2v) is 4.99. The quantitative estimate of drug-likeness (QED) is 0.455. The van der Waals surface area contributed by atoms with Crippen molar-refractivity contribution in [3.05, 3.63) is 40.8 Å². The first kappa shape index (κ1) is 17.9. The smallest absolute Gasteiger partial charge is 0.337 e. The number of benzene rings is 1. The van der Waals surface area contributed by atoms with Crippen molar-refractivity contribution in [1.29, 1.82) is 0 Å². The van der Waals surface area contributed by atoms with Gasteiger partial charge in [0.1, 0.15) is 0 Å². The standard InChI is InChI=1S/C13H11N3O4S.BrH/c1-20-12(19)7-2-4-8(5-3-7)15-10(17)6-9-11(18)16-13(14)21-9;/h2-6H,1H3,(H,15,17)(H2,14,16,18);1H/p-1/b9-6+;. The van der Waals surface area contributed by atoms with Crippen LogP contribution in [-0.4, -0.2) is 30.1 Å². The molecule has 1 heterocycles. The predicted molar refractivity (Wildman–Crippen MR) is 78.7 cm³/mol. The van der Waals surface area contributed by atoms with Crippen LogP contribution in [0.15, 0.2) is 40.2 Å². The molecular weight excluding hydrogens is 374 g/mol. The molecule has 0 unspecified atom stereocenters. The molecule has 3 N–H and O–H groups in total. The predicted octanol–water partition coefficient (Wildman–Crippen LogP) is -2.11. The van der Waals surface area contributed by atoms with Crippen molar-refractivity contribution in [3.8, 4) is 0 Å². The molecule has 22 heavy (non-hydrogen) atoms. The topological polar surface area (TPSA) is 111 Å². The molecule has 0 atom stereocenters. The maximum atomic E-state index is 11.8. The highest BCUT2D eigenvalue weighted by molar-refractivity contribution is 8.18. The van der Waals surface area contributed by atoms with Crippen molar-refractivity contribution in [2.45, 2.75) is 0 Å². The summed E-state index contributed by atoms with van der Waals surface area (Å²) in [5.74, 6) is -1.48. The maximum Gasteiger partial charge on any atom is 0.337 e. The van der Waals surface area contributed by atoms with Crippen LogP contribution in [0.5, 0.6) is 0 Å². The van der Waals surface area contributed by atoms with Crippen LogP contribution in [0.2, 0.25) is 0 Å². The second kappa shape index (κ2) is 7.76. The number of anilines is 1. The Morgan fingerprint density at radius 2 is 1.95 bits per heavy atom. The van der Waals surface area contributed by atoms with Crippen LogP contribution >= 0.6 is 11.8 Å². The Kier molecular flexibility index (Phi) is 6.32. The van der Waals surface area contributed by atoms with Gasteiger partial charge >= 0.3 is 5.97 Å². The van der Waals surface area contributed by atoms with E-state index in [0.29, 0.717) is 11.3 Å². The molecule has 0 radical (unpaired) electrons. The lowest BCUT2D eigenvalue weighted by atomic mass is 10.2. The van der Waals surface area contributed by atoms with Crippen LogP contribution in [0.25, 0.3) is 0 Å². The van der Waals surface area contributed by atoms with E-state index in [1.807, 2.05) is 0 Å². The summed E-state index contributed by atoms with van der Waals surface area (Å²) in [4.78, 5) is 38.0.